The molecule has 5 nitrogen and oxygen atoms in total. The van der Waals surface area contributed by atoms with Crippen molar-refractivity contribution in [3.05, 3.63) is 40.5 Å². The lowest BCUT2D eigenvalue weighted by Crippen LogP contribution is -2.05. The number of aromatic carboxylic acids is 2. The monoisotopic (exact) mass is 257 g/mol. The van der Waals surface area contributed by atoms with Gasteiger partial charge in [-0.05, 0) is 37.1 Å². The van der Waals surface area contributed by atoms with Gasteiger partial charge < -0.3 is 14.6 Å². The molecule has 0 aromatic carbocycles. The van der Waals surface area contributed by atoms with Crippen molar-refractivity contribution < 1.29 is 19.8 Å². The van der Waals surface area contributed by atoms with Crippen molar-refractivity contribution in [3.63, 3.8) is 0 Å². The predicted molar refractivity (Wildman–Crippen MR) is 69.5 cm³/mol. The first-order valence-electron chi connectivity index (χ1n) is 5.76. The fraction of sp³-hybridized carbons (Fsp3) is 0.143. The Morgan fingerprint density at radius 1 is 0.947 bits per heavy atom. The Kier molecular flexibility index (Phi) is 2.11. The predicted octanol–water partition coefficient (Wildman–Crippen LogP) is 2.54. The highest BCUT2D eigenvalue weighted by Gasteiger charge is 2.28. The van der Waals surface area contributed by atoms with Crippen molar-refractivity contribution in [3.8, 4) is 0 Å². The van der Waals surface area contributed by atoms with Gasteiger partial charge in [0.1, 0.15) is 11.1 Å². The van der Waals surface area contributed by atoms with Crippen molar-refractivity contribution in [2.24, 2.45) is 0 Å². The summed E-state index contributed by atoms with van der Waals surface area (Å²) in [5.41, 5.74) is 3.21. The Hall–Kier alpha value is -2.56. The zero-order chi connectivity index (χ0) is 13.9. The number of carboxylic acids is 2. The zero-order valence-electron chi connectivity index (χ0n) is 10.4. The van der Waals surface area contributed by atoms with Crippen LogP contribution in [-0.4, -0.2) is 26.6 Å². The molecule has 0 aliphatic heterocycles. The van der Waals surface area contributed by atoms with E-state index in [4.69, 9.17) is 0 Å². The quantitative estimate of drug-likeness (QED) is 0.739. The van der Waals surface area contributed by atoms with E-state index in [1.807, 2.05) is 19.1 Å². The third kappa shape index (κ3) is 1.29. The summed E-state index contributed by atoms with van der Waals surface area (Å²) in [6.07, 6.45) is 0. The number of aryl methyl sites for hydroxylation is 2. The van der Waals surface area contributed by atoms with E-state index < -0.39 is 11.9 Å². The first kappa shape index (κ1) is 11.5. The Morgan fingerprint density at radius 2 is 1.53 bits per heavy atom. The molecule has 2 N–H and O–H groups in total. The average Bonchev–Trinajstić information content (AvgIpc) is 2.83. The van der Waals surface area contributed by atoms with E-state index in [2.05, 4.69) is 0 Å². The fourth-order valence-electron chi connectivity index (χ4n) is 2.80. The second kappa shape index (κ2) is 3.47. The summed E-state index contributed by atoms with van der Waals surface area (Å²) in [5, 5.41) is 18.6. The van der Waals surface area contributed by atoms with E-state index in [1.165, 1.54) is 0 Å². The van der Waals surface area contributed by atoms with E-state index in [1.54, 1.807) is 17.4 Å². The molecule has 5 heteroatoms. The number of hydrogen-bond acceptors (Lipinski definition) is 2. The molecule has 0 fully saturated rings. The van der Waals surface area contributed by atoms with Crippen LogP contribution >= 0.6 is 0 Å². The smallest absolute Gasteiger partial charge is 0.338 e. The van der Waals surface area contributed by atoms with Crippen LogP contribution < -0.4 is 0 Å². The van der Waals surface area contributed by atoms with Crippen molar-refractivity contribution >= 4 is 28.5 Å². The minimum atomic E-state index is -1.22. The lowest BCUT2D eigenvalue weighted by Gasteiger charge is -2.05. The lowest BCUT2D eigenvalue weighted by molar-refractivity contribution is 0.0655. The van der Waals surface area contributed by atoms with Gasteiger partial charge in [0.2, 0.25) is 0 Å². The van der Waals surface area contributed by atoms with Crippen LogP contribution in [0.2, 0.25) is 0 Å². The molecule has 0 saturated carbocycles. The molecule has 3 heterocycles. The molecule has 0 saturated heterocycles. The summed E-state index contributed by atoms with van der Waals surface area (Å²) >= 11 is 0. The average molecular weight is 257 g/mol. The lowest BCUT2D eigenvalue weighted by atomic mass is 10.1. The molecular formula is C14H11NO4. The summed E-state index contributed by atoms with van der Waals surface area (Å²) in [5.74, 6) is -2.43. The van der Waals surface area contributed by atoms with Gasteiger partial charge in [-0.2, -0.15) is 0 Å². The third-order valence-electron chi connectivity index (χ3n) is 3.49. The summed E-state index contributed by atoms with van der Waals surface area (Å²) in [6, 6.07) is 5.35. The number of nitrogens with zero attached hydrogens (tertiary/aromatic N) is 1. The van der Waals surface area contributed by atoms with Crippen LogP contribution in [0.3, 0.4) is 0 Å². The standard InChI is InChI=1S/C14H11NO4/c1-6-5-7(2)12-11(14(18)19)10(13(16)17)9-4-3-8(6)15(9)12/h3-5H,1-2H3,(H,16,17)(H,18,19). The molecular weight excluding hydrogens is 246 g/mol. The Labute approximate surface area is 108 Å². The Bertz CT molecular complexity index is 844. The second-order valence-corrected chi connectivity index (χ2v) is 4.66. The molecule has 0 aliphatic carbocycles. The fourth-order valence-corrected chi connectivity index (χ4v) is 2.80. The number of carboxylic acid groups (broad SMARTS) is 2. The molecule has 3 rings (SSSR count). The van der Waals surface area contributed by atoms with E-state index in [9.17, 15) is 19.8 Å². The van der Waals surface area contributed by atoms with Gasteiger partial charge in [-0.15, -0.1) is 0 Å². The zero-order valence-corrected chi connectivity index (χ0v) is 10.4. The van der Waals surface area contributed by atoms with Crippen LogP contribution in [0.25, 0.3) is 16.6 Å². The molecule has 96 valence electrons. The van der Waals surface area contributed by atoms with E-state index in [-0.39, 0.29) is 11.1 Å². The summed E-state index contributed by atoms with van der Waals surface area (Å²) in [4.78, 5) is 22.8. The first-order valence-corrected chi connectivity index (χ1v) is 5.76. The van der Waals surface area contributed by atoms with Gasteiger partial charge >= 0.3 is 11.9 Å². The second-order valence-electron chi connectivity index (χ2n) is 4.66. The molecule has 0 amide bonds. The maximum absolute atomic E-state index is 11.4. The third-order valence-corrected chi connectivity index (χ3v) is 3.49. The highest BCUT2D eigenvalue weighted by molar-refractivity contribution is 6.14. The number of hydrogen-bond donors (Lipinski definition) is 2. The van der Waals surface area contributed by atoms with Crippen LogP contribution in [-0.2, 0) is 0 Å². The maximum atomic E-state index is 11.4. The molecule has 3 aromatic rings. The normalized spacial score (nSPS) is 11.5. The van der Waals surface area contributed by atoms with Crippen LogP contribution in [0, 0.1) is 13.8 Å². The largest absolute Gasteiger partial charge is 0.478 e. The molecule has 0 aliphatic rings. The minimum Gasteiger partial charge on any atom is -0.478 e. The van der Waals surface area contributed by atoms with Crippen LogP contribution in [0.15, 0.2) is 18.2 Å². The summed E-state index contributed by atoms with van der Waals surface area (Å²) < 4.78 is 1.72. The molecule has 0 unspecified atom stereocenters. The summed E-state index contributed by atoms with van der Waals surface area (Å²) in [6.45, 7) is 3.71. The number of rotatable bonds is 2. The topological polar surface area (TPSA) is 79.0 Å². The SMILES string of the molecule is Cc1cc(C)c2c(C(=O)O)c(C(=O)O)c3ccc1n32. The van der Waals surface area contributed by atoms with Gasteiger partial charge in [-0.1, -0.05) is 6.07 Å². The molecule has 0 atom stereocenters. The highest BCUT2D eigenvalue weighted by atomic mass is 16.4. The van der Waals surface area contributed by atoms with Gasteiger partial charge in [0.05, 0.1) is 11.0 Å². The van der Waals surface area contributed by atoms with Crippen LogP contribution in [0.5, 0.6) is 0 Å². The Balaban J connectivity index is 2.69. The van der Waals surface area contributed by atoms with Crippen molar-refractivity contribution in [1.82, 2.24) is 4.40 Å². The van der Waals surface area contributed by atoms with Gasteiger partial charge in [0.15, 0.2) is 0 Å². The van der Waals surface area contributed by atoms with Crippen molar-refractivity contribution in [1.29, 1.82) is 0 Å². The van der Waals surface area contributed by atoms with E-state index in [0.29, 0.717) is 11.0 Å². The number of aromatic nitrogens is 1. The summed E-state index contributed by atoms with van der Waals surface area (Å²) in [7, 11) is 0. The van der Waals surface area contributed by atoms with E-state index >= 15 is 0 Å². The number of carbonyl (C=O) groups is 2. The highest BCUT2D eigenvalue weighted by Crippen LogP contribution is 2.33. The number of pyridine rings is 1. The molecule has 0 bridgehead atoms. The molecule has 0 radical (unpaired) electrons. The minimum absolute atomic E-state index is 0.134. The van der Waals surface area contributed by atoms with Gasteiger partial charge in [0.25, 0.3) is 0 Å². The first-order chi connectivity index (χ1) is 8.93. The van der Waals surface area contributed by atoms with Gasteiger partial charge in [0, 0.05) is 5.52 Å². The molecule has 0 spiro atoms. The maximum Gasteiger partial charge on any atom is 0.338 e. The van der Waals surface area contributed by atoms with Gasteiger partial charge in [-0.25, -0.2) is 9.59 Å². The molecule has 19 heavy (non-hydrogen) atoms. The van der Waals surface area contributed by atoms with E-state index in [0.717, 1.165) is 16.6 Å². The van der Waals surface area contributed by atoms with Gasteiger partial charge in [-0.3, -0.25) is 0 Å². The van der Waals surface area contributed by atoms with Crippen molar-refractivity contribution in [2.75, 3.05) is 0 Å². The van der Waals surface area contributed by atoms with Crippen LogP contribution in [0.1, 0.15) is 31.8 Å². The molecule has 3 aromatic heterocycles. The van der Waals surface area contributed by atoms with Crippen molar-refractivity contribution in [2.45, 2.75) is 13.8 Å². The van der Waals surface area contributed by atoms with Crippen LogP contribution in [0.4, 0.5) is 0 Å². The Morgan fingerprint density at radius 3 is 2.11 bits per heavy atom.